The standard InChI is InChI=1S/C16H22N2O4S/c1-3-11-4-6-12(7-5-11)14(19)10-22-15(20)13(8-9-23-2)18-16(17)21/h4-7,13H,3,8-10H2,1-2H3,(H3,17,18,21)/t13-/m0/s1. The van der Waals surface area contributed by atoms with Crippen molar-refractivity contribution < 1.29 is 19.1 Å². The van der Waals surface area contributed by atoms with Gasteiger partial charge in [-0.25, -0.2) is 9.59 Å². The second-order valence-electron chi connectivity index (χ2n) is 4.92. The molecule has 0 aliphatic rings. The van der Waals surface area contributed by atoms with E-state index in [-0.39, 0.29) is 12.4 Å². The van der Waals surface area contributed by atoms with Gasteiger partial charge in [-0.1, -0.05) is 31.2 Å². The topological polar surface area (TPSA) is 98.5 Å². The summed E-state index contributed by atoms with van der Waals surface area (Å²) in [6, 6.07) is 5.52. The molecular weight excluding hydrogens is 316 g/mol. The SMILES string of the molecule is CCc1ccc(C(=O)COC(=O)[C@H](CCSC)NC(N)=O)cc1. The molecule has 0 heterocycles. The van der Waals surface area contributed by atoms with Crippen LogP contribution in [-0.2, 0) is 16.0 Å². The molecule has 3 N–H and O–H groups in total. The summed E-state index contributed by atoms with van der Waals surface area (Å²) in [5, 5.41) is 2.33. The molecule has 0 spiro atoms. The minimum Gasteiger partial charge on any atom is -0.456 e. The predicted molar refractivity (Wildman–Crippen MR) is 90.6 cm³/mol. The van der Waals surface area contributed by atoms with Crippen LogP contribution in [0.4, 0.5) is 4.79 Å². The molecule has 1 atom stereocenters. The van der Waals surface area contributed by atoms with E-state index in [1.807, 2.05) is 25.3 Å². The number of ketones is 1. The van der Waals surface area contributed by atoms with Gasteiger partial charge in [0, 0.05) is 5.56 Å². The van der Waals surface area contributed by atoms with E-state index in [2.05, 4.69) is 5.32 Å². The number of rotatable bonds is 9. The van der Waals surface area contributed by atoms with E-state index >= 15 is 0 Å². The summed E-state index contributed by atoms with van der Waals surface area (Å²) < 4.78 is 5.01. The third-order valence-corrected chi connectivity index (χ3v) is 3.89. The summed E-state index contributed by atoms with van der Waals surface area (Å²) >= 11 is 1.53. The summed E-state index contributed by atoms with van der Waals surface area (Å²) in [7, 11) is 0. The molecule has 7 heteroatoms. The van der Waals surface area contributed by atoms with Crippen molar-refractivity contribution in [2.75, 3.05) is 18.6 Å². The van der Waals surface area contributed by atoms with Crippen LogP contribution in [0, 0.1) is 0 Å². The molecule has 0 unspecified atom stereocenters. The zero-order valence-electron chi connectivity index (χ0n) is 13.3. The monoisotopic (exact) mass is 338 g/mol. The number of urea groups is 1. The largest absolute Gasteiger partial charge is 0.456 e. The van der Waals surface area contributed by atoms with Crippen molar-refractivity contribution in [3.05, 3.63) is 35.4 Å². The lowest BCUT2D eigenvalue weighted by Crippen LogP contribution is -2.45. The van der Waals surface area contributed by atoms with E-state index in [1.165, 1.54) is 11.8 Å². The van der Waals surface area contributed by atoms with Crippen molar-refractivity contribution in [1.82, 2.24) is 5.32 Å². The van der Waals surface area contributed by atoms with Gasteiger partial charge in [0.15, 0.2) is 12.4 Å². The van der Waals surface area contributed by atoms with Gasteiger partial charge in [-0.05, 0) is 30.4 Å². The molecule has 0 radical (unpaired) electrons. The fourth-order valence-electron chi connectivity index (χ4n) is 1.90. The summed E-state index contributed by atoms with van der Waals surface area (Å²) in [5.74, 6) is -0.285. The lowest BCUT2D eigenvalue weighted by atomic mass is 10.1. The number of nitrogens with two attached hydrogens (primary N) is 1. The van der Waals surface area contributed by atoms with Crippen molar-refractivity contribution in [2.45, 2.75) is 25.8 Å². The maximum atomic E-state index is 12.0. The fourth-order valence-corrected chi connectivity index (χ4v) is 2.37. The van der Waals surface area contributed by atoms with Gasteiger partial charge in [-0.2, -0.15) is 11.8 Å². The zero-order chi connectivity index (χ0) is 17.2. The minimum absolute atomic E-state index is 0.288. The molecule has 0 bridgehead atoms. The Morgan fingerprint density at radius 1 is 1.26 bits per heavy atom. The molecular formula is C16H22N2O4S. The third-order valence-electron chi connectivity index (χ3n) is 3.24. The van der Waals surface area contributed by atoms with Crippen LogP contribution in [0.5, 0.6) is 0 Å². The number of amides is 2. The highest BCUT2D eigenvalue weighted by atomic mass is 32.2. The number of thioether (sulfide) groups is 1. The molecule has 6 nitrogen and oxygen atoms in total. The van der Waals surface area contributed by atoms with E-state index < -0.39 is 18.0 Å². The first kappa shape index (κ1) is 19.0. The average Bonchev–Trinajstić information content (AvgIpc) is 2.55. The zero-order valence-corrected chi connectivity index (χ0v) is 14.2. The number of carbonyl (C=O) groups is 3. The summed E-state index contributed by atoms with van der Waals surface area (Å²) in [6.45, 7) is 1.67. The number of esters is 1. The van der Waals surface area contributed by atoms with Gasteiger partial charge in [0.2, 0.25) is 0 Å². The maximum Gasteiger partial charge on any atom is 0.329 e. The van der Waals surface area contributed by atoms with E-state index in [0.29, 0.717) is 17.7 Å². The van der Waals surface area contributed by atoms with Crippen molar-refractivity contribution >= 4 is 29.5 Å². The number of nitrogens with one attached hydrogen (secondary N) is 1. The van der Waals surface area contributed by atoms with E-state index in [1.54, 1.807) is 12.1 Å². The number of hydrogen-bond acceptors (Lipinski definition) is 5. The quantitative estimate of drug-likeness (QED) is 0.528. The second-order valence-corrected chi connectivity index (χ2v) is 5.91. The van der Waals surface area contributed by atoms with E-state index in [9.17, 15) is 14.4 Å². The summed E-state index contributed by atoms with van der Waals surface area (Å²) in [6.07, 6.45) is 3.16. The molecule has 1 aromatic rings. The molecule has 1 rings (SSSR count). The molecule has 23 heavy (non-hydrogen) atoms. The molecule has 0 aliphatic carbocycles. The molecule has 0 saturated heterocycles. The molecule has 0 aliphatic heterocycles. The lowest BCUT2D eigenvalue weighted by Gasteiger charge is -2.15. The molecule has 0 aromatic heterocycles. The first-order valence-corrected chi connectivity index (χ1v) is 8.71. The Kier molecular flexibility index (Phi) is 8.18. The van der Waals surface area contributed by atoms with Gasteiger partial charge in [0.05, 0.1) is 0 Å². The van der Waals surface area contributed by atoms with Crippen LogP contribution in [0.15, 0.2) is 24.3 Å². The predicted octanol–water partition coefficient (Wildman–Crippen LogP) is 1.76. The molecule has 0 saturated carbocycles. The maximum absolute atomic E-state index is 12.0. The second kappa shape index (κ2) is 9.89. The van der Waals surface area contributed by atoms with Gasteiger partial charge in [0.25, 0.3) is 0 Å². The first-order valence-electron chi connectivity index (χ1n) is 7.31. The molecule has 126 valence electrons. The Bertz CT molecular complexity index is 546. The summed E-state index contributed by atoms with van der Waals surface area (Å²) in [4.78, 5) is 34.9. The van der Waals surface area contributed by atoms with Crippen molar-refractivity contribution in [3.63, 3.8) is 0 Å². The highest BCUT2D eigenvalue weighted by Crippen LogP contribution is 2.07. The van der Waals surface area contributed by atoms with Gasteiger partial charge < -0.3 is 15.8 Å². The number of ether oxygens (including phenoxy) is 1. The van der Waals surface area contributed by atoms with Crippen molar-refractivity contribution in [1.29, 1.82) is 0 Å². The Balaban J connectivity index is 2.56. The minimum atomic E-state index is -0.838. The van der Waals surface area contributed by atoms with Crippen LogP contribution in [0.25, 0.3) is 0 Å². The Hall–Kier alpha value is -2.02. The number of benzene rings is 1. The normalized spacial score (nSPS) is 11.6. The van der Waals surface area contributed by atoms with Gasteiger partial charge in [0.1, 0.15) is 6.04 Å². The number of primary amides is 1. The Morgan fingerprint density at radius 2 is 1.91 bits per heavy atom. The highest BCUT2D eigenvalue weighted by Gasteiger charge is 2.22. The van der Waals surface area contributed by atoms with E-state index in [4.69, 9.17) is 10.5 Å². The van der Waals surface area contributed by atoms with Crippen LogP contribution >= 0.6 is 11.8 Å². The Morgan fingerprint density at radius 3 is 2.43 bits per heavy atom. The number of Topliss-reactive ketones (excluding diaryl/α,β-unsaturated/α-hetero) is 1. The van der Waals surface area contributed by atoms with Gasteiger partial charge in [-0.15, -0.1) is 0 Å². The Labute approximate surface area is 140 Å². The van der Waals surface area contributed by atoms with Crippen LogP contribution in [0.3, 0.4) is 0 Å². The average molecular weight is 338 g/mol. The first-order chi connectivity index (χ1) is 11.0. The van der Waals surface area contributed by atoms with Crippen LogP contribution < -0.4 is 11.1 Å². The number of carbonyl (C=O) groups excluding carboxylic acids is 3. The van der Waals surface area contributed by atoms with E-state index in [0.717, 1.165) is 12.0 Å². The molecule has 2 amide bonds. The number of hydrogen-bond donors (Lipinski definition) is 2. The fraction of sp³-hybridized carbons (Fsp3) is 0.438. The van der Waals surface area contributed by atoms with Crippen LogP contribution in [-0.4, -0.2) is 42.4 Å². The lowest BCUT2D eigenvalue weighted by molar-refractivity contribution is -0.144. The molecule has 1 aromatic carbocycles. The van der Waals surface area contributed by atoms with Crippen LogP contribution in [0.1, 0.15) is 29.3 Å². The van der Waals surface area contributed by atoms with Gasteiger partial charge in [-0.3, -0.25) is 4.79 Å². The van der Waals surface area contributed by atoms with Crippen molar-refractivity contribution in [3.8, 4) is 0 Å². The van der Waals surface area contributed by atoms with Gasteiger partial charge >= 0.3 is 12.0 Å². The third kappa shape index (κ3) is 6.73. The molecule has 0 fully saturated rings. The van der Waals surface area contributed by atoms with Crippen LogP contribution in [0.2, 0.25) is 0 Å². The number of aryl methyl sites for hydroxylation is 1. The van der Waals surface area contributed by atoms with Crippen molar-refractivity contribution in [2.24, 2.45) is 5.73 Å². The smallest absolute Gasteiger partial charge is 0.329 e. The highest BCUT2D eigenvalue weighted by molar-refractivity contribution is 7.98. The summed E-state index contributed by atoms with van der Waals surface area (Å²) in [5.41, 5.74) is 6.66.